The molecule has 1 aromatic carbocycles. The minimum Gasteiger partial charge on any atom is -0.402 e. The maximum absolute atomic E-state index is 6.35. The topological polar surface area (TPSA) is 80.0 Å². The van der Waals surface area contributed by atoms with Gasteiger partial charge in [0.1, 0.15) is 5.69 Å². The van der Waals surface area contributed by atoms with Gasteiger partial charge in [-0.25, -0.2) is 4.98 Å². The van der Waals surface area contributed by atoms with Crippen LogP contribution in [0.5, 0.6) is 0 Å². The second-order valence-electron chi connectivity index (χ2n) is 6.76. The number of allylic oxidation sites excluding steroid dienone is 1. The molecule has 1 saturated heterocycles. The van der Waals surface area contributed by atoms with Crippen LogP contribution in [-0.2, 0) is 0 Å². The number of likely N-dealkylation sites (tertiary alicyclic amines) is 1. The molecule has 3 N–H and O–H groups in total. The van der Waals surface area contributed by atoms with Gasteiger partial charge in [0.05, 0.1) is 10.7 Å². The van der Waals surface area contributed by atoms with Crippen LogP contribution in [-0.4, -0.2) is 45.8 Å². The summed E-state index contributed by atoms with van der Waals surface area (Å²) in [6, 6.07) is 5.56. The first kappa shape index (κ1) is 19.9. The molecule has 1 aromatic heterocycles. The minimum atomic E-state index is 0.307. The third-order valence-electron chi connectivity index (χ3n) is 4.55. The zero-order valence-corrected chi connectivity index (χ0v) is 17.1. The predicted octanol–water partition coefficient (Wildman–Crippen LogP) is 4.06. The summed E-state index contributed by atoms with van der Waals surface area (Å²) in [6.45, 7) is 7.15. The molecular weight excluding hydrogens is 383 g/mol. The number of nitrogens with one attached hydrogen (secondary N) is 1. The van der Waals surface area contributed by atoms with Gasteiger partial charge in [-0.1, -0.05) is 30.1 Å². The lowest BCUT2D eigenvalue weighted by Crippen LogP contribution is -2.42. The van der Waals surface area contributed by atoms with Crippen molar-refractivity contribution in [2.45, 2.75) is 32.7 Å². The van der Waals surface area contributed by atoms with Gasteiger partial charge in [-0.05, 0) is 57.1 Å². The van der Waals surface area contributed by atoms with Crippen molar-refractivity contribution < 1.29 is 0 Å². The summed E-state index contributed by atoms with van der Waals surface area (Å²) >= 11 is 12.4. The van der Waals surface area contributed by atoms with Gasteiger partial charge in [-0.15, -0.1) is 10.2 Å². The van der Waals surface area contributed by atoms with Gasteiger partial charge in [0.15, 0.2) is 0 Å². The summed E-state index contributed by atoms with van der Waals surface area (Å²) in [4.78, 5) is 7.06. The van der Waals surface area contributed by atoms with E-state index in [2.05, 4.69) is 32.3 Å². The third-order valence-corrected chi connectivity index (χ3v) is 5.10. The van der Waals surface area contributed by atoms with Crippen LogP contribution in [0.3, 0.4) is 0 Å². The number of hydrogen-bond acceptors (Lipinski definition) is 6. The molecule has 8 heteroatoms. The standard InChI is InChI=1S/C19H24Cl2N6/c1-3-27-8-4-5-14(11-27)23-19-24-17(9-12(2)22)18(25-26-19)15-7-6-13(20)10-16(15)21/h6-7,9-10,14H,3-5,8,11,22H2,1-2H3,(H,23,24,26). The third kappa shape index (κ3) is 5.09. The summed E-state index contributed by atoms with van der Waals surface area (Å²) in [5.41, 5.74) is 8.44. The predicted molar refractivity (Wildman–Crippen MR) is 112 cm³/mol. The number of rotatable bonds is 5. The van der Waals surface area contributed by atoms with Crippen molar-refractivity contribution >= 4 is 35.2 Å². The minimum absolute atomic E-state index is 0.307. The number of aromatic nitrogens is 3. The molecule has 0 aliphatic carbocycles. The highest BCUT2D eigenvalue weighted by molar-refractivity contribution is 6.36. The van der Waals surface area contributed by atoms with Crippen LogP contribution in [0.4, 0.5) is 5.95 Å². The summed E-state index contributed by atoms with van der Waals surface area (Å²) in [5.74, 6) is 0.499. The molecule has 0 amide bonds. The molecule has 1 unspecified atom stereocenters. The van der Waals surface area contributed by atoms with Crippen LogP contribution in [0.1, 0.15) is 32.4 Å². The smallest absolute Gasteiger partial charge is 0.243 e. The zero-order valence-electron chi connectivity index (χ0n) is 15.5. The van der Waals surface area contributed by atoms with Crippen LogP contribution in [0, 0.1) is 0 Å². The average Bonchev–Trinajstić information content (AvgIpc) is 2.62. The zero-order chi connectivity index (χ0) is 19.4. The van der Waals surface area contributed by atoms with Crippen LogP contribution in [0.25, 0.3) is 17.3 Å². The molecule has 1 atom stereocenters. The van der Waals surface area contributed by atoms with Crippen LogP contribution < -0.4 is 11.1 Å². The highest BCUT2D eigenvalue weighted by atomic mass is 35.5. The van der Waals surface area contributed by atoms with Crippen molar-refractivity contribution in [3.8, 4) is 11.3 Å². The van der Waals surface area contributed by atoms with E-state index in [1.165, 1.54) is 0 Å². The molecule has 0 saturated carbocycles. The number of likely N-dealkylation sites (N-methyl/N-ethyl adjacent to an activating group) is 1. The number of nitrogens with two attached hydrogens (primary N) is 1. The average molecular weight is 407 g/mol. The van der Waals surface area contributed by atoms with Gasteiger partial charge in [-0.3, -0.25) is 0 Å². The summed E-state index contributed by atoms with van der Waals surface area (Å²) < 4.78 is 0. The van der Waals surface area contributed by atoms with Crippen LogP contribution in [0.15, 0.2) is 23.9 Å². The van der Waals surface area contributed by atoms with Crippen molar-refractivity contribution in [2.75, 3.05) is 25.0 Å². The van der Waals surface area contributed by atoms with E-state index in [-0.39, 0.29) is 0 Å². The largest absolute Gasteiger partial charge is 0.402 e. The fourth-order valence-corrected chi connectivity index (χ4v) is 3.73. The van der Waals surface area contributed by atoms with Crippen molar-refractivity contribution in [3.05, 3.63) is 39.6 Å². The summed E-state index contributed by atoms with van der Waals surface area (Å²) in [7, 11) is 0. The van der Waals surface area contributed by atoms with Gasteiger partial charge in [0.2, 0.25) is 5.95 Å². The Kier molecular flexibility index (Phi) is 6.52. The maximum atomic E-state index is 6.35. The van der Waals surface area contributed by atoms with Gasteiger partial charge in [0.25, 0.3) is 0 Å². The molecule has 0 spiro atoms. The highest BCUT2D eigenvalue weighted by Crippen LogP contribution is 2.31. The van der Waals surface area contributed by atoms with E-state index >= 15 is 0 Å². The molecule has 2 aromatic rings. The van der Waals surface area contributed by atoms with Gasteiger partial charge in [0, 0.05) is 28.9 Å². The van der Waals surface area contributed by atoms with Crippen molar-refractivity contribution in [1.82, 2.24) is 20.1 Å². The fraction of sp³-hybridized carbons (Fsp3) is 0.421. The SMILES string of the molecule is CCN1CCCC(Nc2nnc(-c3ccc(Cl)cc3Cl)c(C=C(C)N)n2)C1. The molecule has 0 radical (unpaired) electrons. The molecule has 3 rings (SSSR count). The Morgan fingerprint density at radius 2 is 2.19 bits per heavy atom. The first-order valence-electron chi connectivity index (χ1n) is 9.09. The van der Waals surface area contributed by atoms with Gasteiger partial charge in [-0.2, -0.15) is 0 Å². The van der Waals surface area contributed by atoms with E-state index in [0.717, 1.165) is 38.0 Å². The van der Waals surface area contributed by atoms with E-state index in [1.54, 1.807) is 18.2 Å². The molecule has 27 heavy (non-hydrogen) atoms. The quantitative estimate of drug-likeness (QED) is 0.778. The Morgan fingerprint density at radius 3 is 2.89 bits per heavy atom. The Labute approximate surface area is 169 Å². The summed E-state index contributed by atoms with van der Waals surface area (Å²) in [6.07, 6.45) is 4.02. The van der Waals surface area contributed by atoms with Crippen molar-refractivity contribution in [3.63, 3.8) is 0 Å². The highest BCUT2D eigenvalue weighted by Gasteiger charge is 2.20. The number of nitrogens with zero attached hydrogens (tertiary/aromatic N) is 4. The number of piperidine rings is 1. The van der Waals surface area contributed by atoms with Crippen molar-refractivity contribution in [1.29, 1.82) is 0 Å². The molecule has 1 aliphatic heterocycles. The van der Waals surface area contributed by atoms with E-state index < -0.39 is 0 Å². The molecule has 2 heterocycles. The monoisotopic (exact) mass is 406 g/mol. The lowest BCUT2D eigenvalue weighted by molar-refractivity contribution is 0.226. The van der Waals surface area contributed by atoms with Crippen molar-refractivity contribution in [2.24, 2.45) is 5.73 Å². The Morgan fingerprint density at radius 1 is 1.37 bits per heavy atom. The Hall–Kier alpha value is -1.89. The number of hydrogen-bond donors (Lipinski definition) is 2. The van der Waals surface area contributed by atoms with E-state index in [4.69, 9.17) is 28.9 Å². The number of benzene rings is 1. The first-order chi connectivity index (χ1) is 13.0. The Balaban J connectivity index is 1.91. The fourth-order valence-electron chi connectivity index (χ4n) is 3.23. The molecule has 6 nitrogen and oxygen atoms in total. The second kappa shape index (κ2) is 8.87. The van der Waals surface area contributed by atoms with E-state index in [1.807, 2.05) is 13.0 Å². The summed E-state index contributed by atoms with van der Waals surface area (Å²) in [5, 5.41) is 13.1. The second-order valence-corrected chi connectivity index (χ2v) is 7.60. The van der Waals surface area contributed by atoms with Gasteiger partial charge >= 0.3 is 0 Å². The molecule has 144 valence electrons. The lowest BCUT2D eigenvalue weighted by atomic mass is 10.1. The van der Waals surface area contributed by atoms with Crippen LogP contribution in [0.2, 0.25) is 10.0 Å². The molecule has 1 aliphatic rings. The van der Waals surface area contributed by atoms with Gasteiger partial charge < -0.3 is 16.0 Å². The molecule has 0 bridgehead atoms. The number of halogens is 2. The Bertz CT molecular complexity index is 835. The normalized spacial score (nSPS) is 18.5. The lowest BCUT2D eigenvalue weighted by Gasteiger charge is -2.32. The van der Waals surface area contributed by atoms with Crippen LogP contribution >= 0.6 is 23.2 Å². The number of anilines is 1. The van der Waals surface area contributed by atoms with E-state index in [0.29, 0.717) is 39.1 Å². The molecule has 1 fully saturated rings. The molecular formula is C19H24Cl2N6. The first-order valence-corrected chi connectivity index (χ1v) is 9.84. The maximum Gasteiger partial charge on any atom is 0.243 e. The van der Waals surface area contributed by atoms with E-state index in [9.17, 15) is 0 Å².